The molecule has 0 amide bonds. The highest BCUT2D eigenvalue weighted by atomic mass is 16.5. The summed E-state index contributed by atoms with van der Waals surface area (Å²) in [5, 5.41) is 0.720. The van der Waals surface area contributed by atoms with Crippen LogP contribution in [0.5, 0.6) is 5.75 Å². The maximum atomic E-state index is 12.7. The van der Waals surface area contributed by atoms with Crippen molar-refractivity contribution in [2.24, 2.45) is 0 Å². The Kier molecular flexibility index (Phi) is 6.35. The molecule has 0 spiro atoms. The molecule has 0 saturated heterocycles. The van der Waals surface area contributed by atoms with E-state index in [1.807, 2.05) is 13.0 Å². The Labute approximate surface area is 174 Å². The lowest BCUT2D eigenvalue weighted by atomic mass is 10.0. The van der Waals surface area contributed by atoms with E-state index in [1.54, 1.807) is 45.0 Å². The van der Waals surface area contributed by atoms with Crippen LogP contribution in [0.2, 0.25) is 0 Å². The van der Waals surface area contributed by atoms with E-state index < -0.39 is 11.6 Å². The van der Waals surface area contributed by atoms with Gasteiger partial charge in [-0.3, -0.25) is 4.79 Å². The normalized spacial score (nSPS) is 11.0. The number of aryl methyl sites for hydroxylation is 3. The highest BCUT2D eigenvalue weighted by Crippen LogP contribution is 2.29. The number of ether oxygens (including phenoxy) is 2. The fourth-order valence-electron chi connectivity index (χ4n) is 3.17. The number of benzene rings is 2. The van der Waals surface area contributed by atoms with Crippen LogP contribution in [0, 0.1) is 13.8 Å². The number of hydrogen-bond acceptors (Lipinski definition) is 6. The van der Waals surface area contributed by atoms with Gasteiger partial charge in [0.15, 0.2) is 0 Å². The van der Waals surface area contributed by atoms with Crippen LogP contribution in [0.25, 0.3) is 11.0 Å². The number of fused-ring (bicyclic) bond motifs is 1. The summed E-state index contributed by atoms with van der Waals surface area (Å²) in [6.45, 7) is 7.26. The first-order valence-electron chi connectivity index (χ1n) is 9.78. The van der Waals surface area contributed by atoms with Gasteiger partial charge in [-0.1, -0.05) is 17.7 Å². The molecule has 0 fully saturated rings. The zero-order valence-corrected chi connectivity index (χ0v) is 17.5. The minimum absolute atomic E-state index is 0.133. The van der Waals surface area contributed by atoms with Crippen molar-refractivity contribution in [3.8, 4) is 5.75 Å². The first-order valence-corrected chi connectivity index (χ1v) is 9.78. The molecule has 0 radical (unpaired) electrons. The van der Waals surface area contributed by atoms with Crippen LogP contribution in [0.3, 0.4) is 0 Å². The van der Waals surface area contributed by atoms with Gasteiger partial charge in [-0.25, -0.2) is 9.59 Å². The topological polar surface area (TPSA) is 82.8 Å². The van der Waals surface area contributed by atoms with E-state index in [0.717, 1.165) is 16.5 Å². The summed E-state index contributed by atoms with van der Waals surface area (Å²) in [5.74, 6) is -0.614. The number of hydrogen-bond donors (Lipinski definition) is 0. The van der Waals surface area contributed by atoms with E-state index >= 15 is 0 Å². The molecule has 3 aromatic rings. The second-order valence-corrected chi connectivity index (χ2v) is 7.50. The van der Waals surface area contributed by atoms with Gasteiger partial charge in [0.2, 0.25) is 0 Å². The molecule has 1 aromatic heterocycles. The molecule has 0 aliphatic carbocycles. The Balaban J connectivity index is 1.97. The van der Waals surface area contributed by atoms with E-state index in [-0.39, 0.29) is 24.2 Å². The lowest BCUT2D eigenvalue weighted by Crippen LogP contribution is -2.13. The van der Waals surface area contributed by atoms with Gasteiger partial charge in [0.1, 0.15) is 11.3 Å². The Bertz CT molecular complexity index is 1160. The number of carbonyl (C=O) groups excluding carboxylic acids is 2. The van der Waals surface area contributed by atoms with Gasteiger partial charge in [0.25, 0.3) is 0 Å². The van der Waals surface area contributed by atoms with Gasteiger partial charge in [0.05, 0.1) is 11.7 Å². The van der Waals surface area contributed by atoms with E-state index in [1.165, 1.54) is 12.1 Å². The van der Waals surface area contributed by atoms with Crippen molar-refractivity contribution < 1.29 is 23.5 Å². The predicted molar refractivity (Wildman–Crippen MR) is 113 cm³/mol. The van der Waals surface area contributed by atoms with Gasteiger partial charge in [-0.15, -0.1) is 0 Å². The monoisotopic (exact) mass is 408 g/mol. The van der Waals surface area contributed by atoms with E-state index in [4.69, 9.17) is 13.9 Å². The zero-order valence-electron chi connectivity index (χ0n) is 17.5. The molecule has 156 valence electrons. The van der Waals surface area contributed by atoms with E-state index in [0.29, 0.717) is 23.1 Å². The second kappa shape index (κ2) is 8.95. The van der Waals surface area contributed by atoms with E-state index in [9.17, 15) is 14.4 Å². The molecule has 0 N–H and O–H groups in total. The van der Waals surface area contributed by atoms with Crippen molar-refractivity contribution in [1.29, 1.82) is 0 Å². The van der Waals surface area contributed by atoms with Gasteiger partial charge in [-0.2, -0.15) is 0 Å². The molecule has 6 nitrogen and oxygen atoms in total. The average molecular weight is 408 g/mol. The third kappa shape index (κ3) is 5.14. The Morgan fingerprint density at radius 2 is 1.83 bits per heavy atom. The van der Waals surface area contributed by atoms with Crippen LogP contribution in [0.4, 0.5) is 0 Å². The molecule has 30 heavy (non-hydrogen) atoms. The molecule has 0 atom stereocenters. The van der Waals surface area contributed by atoms with Crippen molar-refractivity contribution in [2.75, 3.05) is 0 Å². The largest absolute Gasteiger partial charge is 0.463 e. The smallest absolute Gasteiger partial charge is 0.343 e. The van der Waals surface area contributed by atoms with Crippen molar-refractivity contribution >= 4 is 22.9 Å². The zero-order chi connectivity index (χ0) is 21.8. The summed E-state index contributed by atoms with van der Waals surface area (Å²) in [6.07, 6.45) is 0.245. The maximum Gasteiger partial charge on any atom is 0.343 e. The van der Waals surface area contributed by atoms with Crippen molar-refractivity contribution in [1.82, 2.24) is 0 Å². The van der Waals surface area contributed by atoms with Crippen molar-refractivity contribution in [2.45, 2.75) is 46.6 Å². The summed E-state index contributed by atoms with van der Waals surface area (Å²) in [6, 6.07) is 11.8. The van der Waals surface area contributed by atoms with Crippen LogP contribution in [0.1, 0.15) is 47.3 Å². The van der Waals surface area contributed by atoms with Crippen LogP contribution in [-0.4, -0.2) is 18.0 Å². The molecule has 0 bridgehead atoms. The minimum atomic E-state index is -0.529. The molecule has 1 heterocycles. The molecule has 0 aliphatic heterocycles. The molecule has 2 aromatic carbocycles. The van der Waals surface area contributed by atoms with E-state index in [2.05, 4.69) is 0 Å². The highest BCUT2D eigenvalue weighted by Gasteiger charge is 2.17. The Morgan fingerprint density at radius 1 is 1.07 bits per heavy atom. The van der Waals surface area contributed by atoms with Gasteiger partial charge in [-0.05, 0) is 63.4 Å². The van der Waals surface area contributed by atoms with Crippen LogP contribution >= 0.6 is 0 Å². The molecular weight excluding hydrogens is 384 g/mol. The fraction of sp³-hybridized carbons (Fsp3) is 0.292. The van der Waals surface area contributed by atoms with Crippen molar-refractivity contribution in [3.63, 3.8) is 0 Å². The first kappa shape index (κ1) is 21.3. The van der Waals surface area contributed by atoms with Gasteiger partial charge >= 0.3 is 17.6 Å². The van der Waals surface area contributed by atoms with Gasteiger partial charge in [0, 0.05) is 23.9 Å². The Morgan fingerprint density at radius 3 is 2.53 bits per heavy atom. The maximum absolute atomic E-state index is 12.7. The standard InChI is InChI=1S/C24H24O6/c1-14(2)28-22(25)9-8-17-12-19-16(4)11-23(26)29-21(19)13-20(17)30-24(27)18-7-5-6-15(3)10-18/h5-7,10-14H,8-9H2,1-4H3. The first-order chi connectivity index (χ1) is 14.2. The average Bonchev–Trinajstić information content (AvgIpc) is 2.66. The van der Waals surface area contributed by atoms with Crippen LogP contribution in [0.15, 0.2) is 51.7 Å². The van der Waals surface area contributed by atoms with Crippen LogP contribution in [-0.2, 0) is 16.0 Å². The number of carbonyl (C=O) groups is 2. The summed E-state index contributed by atoms with van der Waals surface area (Å²) in [5.41, 5.74) is 2.57. The summed E-state index contributed by atoms with van der Waals surface area (Å²) >= 11 is 0. The summed E-state index contributed by atoms with van der Waals surface area (Å²) < 4.78 is 16.1. The molecule has 0 aliphatic rings. The fourth-order valence-corrected chi connectivity index (χ4v) is 3.17. The molecule has 0 unspecified atom stereocenters. The SMILES string of the molecule is Cc1cccc(C(=O)Oc2cc3oc(=O)cc(C)c3cc2CCC(=O)OC(C)C)c1. The molecule has 3 rings (SSSR count). The van der Waals surface area contributed by atoms with Gasteiger partial charge < -0.3 is 13.9 Å². The highest BCUT2D eigenvalue weighted by molar-refractivity contribution is 5.92. The predicted octanol–water partition coefficient (Wildman–Crippen LogP) is 4.51. The third-order valence-corrected chi connectivity index (χ3v) is 4.55. The third-order valence-electron chi connectivity index (χ3n) is 4.55. The Hall–Kier alpha value is -3.41. The quantitative estimate of drug-likeness (QED) is 0.339. The number of esters is 2. The molecular formula is C24H24O6. The lowest BCUT2D eigenvalue weighted by molar-refractivity contribution is -0.147. The minimum Gasteiger partial charge on any atom is -0.463 e. The summed E-state index contributed by atoms with van der Waals surface area (Å²) in [7, 11) is 0. The summed E-state index contributed by atoms with van der Waals surface area (Å²) in [4.78, 5) is 36.4. The molecule has 0 saturated carbocycles. The lowest BCUT2D eigenvalue weighted by Gasteiger charge is -2.13. The number of rotatable bonds is 6. The molecule has 6 heteroatoms. The second-order valence-electron chi connectivity index (χ2n) is 7.50. The van der Waals surface area contributed by atoms with Crippen LogP contribution < -0.4 is 10.4 Å². The van der Waals surface area contributed by atoms with Crippen molar-refractivity contribution in [3.05, 3.63) is 75.1 Å².